The summed E-state index contributed by atoms with van der Waals surface area (Å²) in [6.07, 6.45) is 1.67. The zero-order chi connectivity index (χ0) is 20.7. The van der Waals surface area contributed by atoms with Crippen molar-refractivity contribution in [2.45, 2.75) is 19.9 Å². The number of anilines is 1. The van der Waals surface area contributed by atoms with Crippen LogP contribution < -0.4 is 10.9 Å². The Hall–Kier alpha value is -3.58. The van der Waals surface area contributed by atoms with Gasteiger partial charge in [-0.1, -0.05) is 53.8 Å². The third-order valence-corrected chi connectivity index (χ3v) is 6.10. The number of benzene rings is 3. The largest absolute Gasteiger partial charge is 0.302 e. The van der Waals surface area contributed by atoms with E-state index < -0.39 is 0 Å². The third kappa shape index (κ3) is 3.23. The van der Waals surface area contributed by atoms with Crippen molar-refractivity contribution < 1.29 is 4.79 Å². The molecule has 2 aromatic heterocycles. The van der Waals surface area contributed by atoms with Crippen LogP contribution >= 0.6 is 11.3 Å². The number of nitrogens with zero attached hydrogens (tertiary/aromatic N) is 3. The maximum atomic E-state index is 12.7. The highest BCUT2D eigenvalue weighted by atomic mass is 32.1. The second-order valence-corrected chi connectivity index (χ2v) is 8.20. The number of para-hydroxylation sites is 1. The van der Waals surface area contributed by atoms with Crippen LogP contribution in [0.2, 0.25) is 0 Å². The van der Waals surface area contributed by atoms with Crippen molar-refractivity contribution >= 4 is 54.3 Å². The maximum Gasteiger partial charge on any atom is 0.261 e. The average Bonchev–Trinajstić information content (AvgIpc) is 3.17. The van der Waals surface area contributed by atoms with Gasteiger partial charge in [-0.3, -0.25) is 14.2 Å². The van der Waals surface area contributed by atoms with E-state index >= 15 is 0 Å². The van der Waals surface area contributed by atoms with E-state index in [2.05, 4.69) is 21.4 Å². The number of hydrogen-bond acceptors (Lipinski definition) is 5. The van der Waals surface area contributed by atoms with Crippen LogP contribution in [0.15, 0.2) is 65.7 Å². The van der Waals surface area contributed by atoms with Gasteiger partial charge in [0.15, 0.2) is 5.13 Å². The SMILES string of the molecule is Cc1cccc2c(=O)n(CCC(=O)Nc3nc4c(ccc5ccccc54)s3)cnc12. The average molecular weight is 414 g/mol. The van der Waals surface area contributed by atoms with Gasteiger partial charge in [0.1, 0.15) is 0 Å². The number of carbonyl (C=O) groups excluding carboxylic acids is 1. The lowest BCUT2D eigenvalue weighted by molar-refractivity contribution is -0.116. The molecule has 0 spiro atoms. The van der Waals surface area contributed by atoms with Gasteiger partial charge in [0.2, 0.25) is 5.91 Å². The number of rotatable bonds is 4. The van der Waals surface area contributed by atoms with E-state index in [9.17, 15) is 9.59 Å². The second kappa shape index (κ2) is 7.35. The van der Waals surface area contributed by atoms with E-state index in [0.29, 0.717) is 16.0 Å². The Labute approximate surface area is 175 Å². The summed E-state index contributed by atoms with van der Waals surface area (Å²) in [7, 11) is 0. The van der Waals surface area contributed by atoms with E-state index in [0.717, 1.165) is 26.6 Å². The molecule has 0 bridgehead atoms. The molecule has 0 unspecified atom stereocenters. The number of fused-ring (bicyclic) bond motifs is 4. The highest BCUT2D eigenvalue weighted by molar-refractivity contribution is 7.22. The first-order valence-electron chi connectivity index (χ1n) is 9.63. The molecule has 6 nitrogen and oxygen atoms in total. The summed E-state index contributed by atoms with van der Waals surface area (Å²) < 4.78 is 2.50. The highest BCUT2D eigenvalue weighted by Gasteiger charge is 2.12. The van der Waals surface area contributed by atoms with E-state index in [-0.39, 0.29) is 24.4 Å². The smallest absolute Gasteiger partial charge is 0.261 e. The van der Waals surface area contributed by atoms with Crippen LogP contribution in [0.25, 0.3) is 31.9 Å². The third-order valence-electron chi connectivity index (χ3n) is 5.16. The Bertz CT molecular complexity index is 1490. The fourth-order valence-corrected chi connectivity index (χ4v) is 4.51. The molecule has 0 fully saturated rings. The number of thiazole rings is 1. The predicted molar refractivity (Wildman–Crippen MR) is 121 cm³/mol. The first-order chi connectivity index (χ1) is 14.6. The van der Waals surface area contributed by atoms with Gasteiger partial charge in [-0.25, -0.2) is 9.97 Å². The second-order valence-electron chi connectivity index (χ2n) is 7.16. The van der Waals surface area contributed by atoms with Crippen molar-refractivity contribution in [3.8, 4) is 0 Å². The number of aromatic nitrogens is 3. The minimum absolute atomic E-state index is 0.136. The zero-order valence-electron chi connectivity index (χ0n) is 16.3. The van der Waals surface area contributed by atoms with Crippen LogP contribution in [-0.4, -0.2) is 20.4 Å². The van der Waals surface area contributed by atoms with Gasteiger partial charge in [-0.05, 0) is 30.0 Å². The summed E-state index contributed by atoms with van der Waals surface area (Å²) in [6.45, 7) is 2.18. The molecule has 5 rings (SSSR count). The van der Waals surface area contributed by atoms with E-state index in [1.54, 1.807) is 6.07 Å². The van der Waals surface area contributed by atoms with Gasteiger partial charge < -0.3 is 5.32 Å². The number of hydrogen-bond donors (Lipinski definition) is 1. The van der Waals surface area contributed by atoms with Gasteiger partial charge in [0.25, 0.3) is 5.56 Å². The summed E-state index contributed by atoms with van der Waals surface area (Å²) >= 11 is 1.44. The van der Waals surface area contributed by atoms with Crippen molar-refractivity contribution in [3.05, 3.63) is 76.8 Å². The maximum absolute atomic E-state index is 12.7. The Balaban J connectivity index is 1.34. The van der Waals surface area contributed by atoms with Crippen LogP contribution in [0, 0.1) is 6.92 Å². The van der Waals surface area contributed by atoms with Gasteiger partial charge in [0.05, 0.1) is 27.4 Å². The molecule has 148 valence electrons. The fraction of sp³-hybridized carbons (Fsp3) is 0.130. The summed E-state index contributed by atoms with van der Waals surface area (Å²) in [5, 5.41) is 6.17. The molecule has 0 saturated carbocycles. The summed E-state index contributed by atoms with van der Waals surface area (Å²) in [5.74, 6) is -0.186. The fourth-order valence-electron chi connectivity index (χ4n) is 3.62. The minimum Gasteiger partial charge on any atom is -0.302 e. The van der Waals surface area contributed by atoms with Crippen LogP contribution in [0.4, 0.5) is 5.13 Å². The Kier molecular flexibility index (Phi) is 4.52. The molecule has 5 aromatic rings. The molecule has 3 aromatic carbocycles. The molecule has 1 N–H and O–H groups in total. The van der Waals surface area contributed by atoms with Crippen LogP contribution in [0.5, 0.6) is 0 Å². The zero-order valence-corrected chi connectivity index (χ0v) is 17.1. The molecule has 7 heteroatoms. The molecule has 0 saturated heterocycles. The normalized spacial score (nSPS) is 11.4. The summed E-state index contributed by atoms with van der Waals surface area (Å²) in [5.41, 5.74) is 2.41. The summed E-state index contributed by atoms with van der Waals surface area (Å²) in [6, 6.07) is 17.7. The van der Waals surface area contributed by atoms with Gasteiger partial charge in [0, 0.05) is 18.4 Å². The lowest BCUT2D eigenvalue weighted by Gasteiger charge is -2.07. The number of nitrogens with one attached hydrogen (secondary N) is 1. The van der Waals surface area contributed by atoms with Crippen molar-refractivity contribution in [2.24, 2.45) is 0 Å². The van der Waals surface area contributed by atoms with Crippen molar-refractivity contribution in [1.82, 2.24) is 14.5 Å². The predicted octanol–water partition coefficient (Wildman–Crippen LogP) is 4.50. The molecule has 0 radical (unpaired) electrons. The van der Waals surface area contributed by atoms with Crippen molar-refractivity contribution in [3.63, 3.8) is 0 Å². The first-order valence-corrected chi connectivity index (χ1v) is 10.4. The number of amides is 1. The van der Waals surface area contributed by atoms with Crippen LogP contribution in [0.3, 0.4) is 0 Å². The lowest BCUT2D eigenvalue weighted by Crippen LogP contribution is -2.23. The lowest BCUT2D eigenvalue weighted by atomic mass is 10.1. The standard InChI is InChI=1S/C23H18N4O2S/c1-14-5-4-8-17-20(14)24-13-27(22(17)29)12-11-19(28)25-23-26-21-16-7-3-2-6-15(16)9-10-18(21)30-23/h2-10,13H,11-12H2,1H3,(H,25,26,28). The van der Waals surface area contributed by atoms with Gasteiger partial charge in [-0.15, -0.1) is 0 Å². The van der Waals surface area contributed by atoms with Crippen LogP contribution in [-0.2, 0) is 11.3 Å². The molecular formula is C23H18N4O2S. The molecule has 0 aliphatic heterocycles. The molecule has 1 amide bonds. The Morgan fingerprint density at radius 2 is 1.87 bits per heavy atom. The molecule has 0 aliphatic rings. The molecular weight excluding hydrogens is 396 g/mol. The van der Waals surface area contributed by atoms with Gasteiger partial charge >= 0.3 is 0 Å². The summed E-state index contributed by atoms with van der Waals surface area (Å²) in [4.78, 5) is 34.1. The van der Waals surface area contributed by atoms with E-state index in [1.165, 1.54) is 22.2 Å². The van der Waals surface area contributed by atoms with Crippen molar-refractivity contribution in [1.29, 1.82) is 0 Å². The topological polar surface area (TPSA) is 76.9 Å². The van der Waals surface area contributed by atoms with E-state index in [4.69, 9.17) is 0 Å². The van der Waals surface area contributed by atoms with E-state index in [1.807, 2.05) is 49.4 Å². The molecule has 30 heavy (non-hydrogen) atoms. The Morgan fingerprint density at radius 3 is 2.77 bits per heavy atom. The number of carbonyl (C=O) groups is 1. The monoisotopic (exact) mass is 414 g/mol. The van der Waals surface area contributed by atoms with Crippen molar-refractivity contribution in [2.75, 3.05) is 5.32 Å². The highest BCUT2D eigenvalue weighted by Crippen LogP contribution is 2.31. The minimum atomic E-state index is -0.186. The van der Waals surface area contributed by atoms with Crippen LogP contribution in [0.1, 0.15) is 12.0 Å². The van der Waals surface area contributed by atoms with Gasteiger partial charge in [-0.2, -0.15) is 0 Å². The number of aryl methyl sites for hydroxylation is 2. The quantitative estimate of drug-likeness (QED) is 0.470. The molecule has 0 aliphatic carbocycles. The Morgan fingerprint density at radius 1 is 1.03 bits per heavy atom. The molecule has 2 heterocycles. The first kappa shape index (κ1) is 18.4. The molecule has 0 atom stereocenters.